The Morgan fingerprint density at radius 1 is 1.47 bits per heavy atom. The van der Waals surface area contributed by atoms with Gasteiger partial charge in [-0.25, -0.2) is 9.71 Å². The summed E-state index contributed by atoms with van der Waals surface area (Å²) in [6.45, 7) is 1.45. The minimum atomic E-state index is -3.40. The van der Waals surface area contributed by atoms with Crippen molar-refractivity contribution in [2.75, 3.05) is 26.2 Å². The Morgan fingerprint density at radius 3 is 2.79 bits per heavy atom. The molecule has 7 nitrogen and oxygen atoms in total. The molecule has 19 heavy (non-hydrogen) atoms. The van der Waals surface area contributed by atoms with Crippen LogP contribution in [-0.2, 0) is 16.6 Å². The van der Waals surface area contributed by atoms with Crippen LogP contribution in [0.1, 0.15) is 18.5 Å². The number of rotatable bonds is 6. The highest BCUT2D eigenvalue weighted by molar-refractivity contribution is 7.87. The van der Waals surface area contributed by atoms with Crippen LogP contribution in [0.3, 0.4) is 0 Å². The van der Waals surface area contributed by atoms with Crippen molar-refractivity contribution in [2.45, 2.75) is 19.3 Å². The smallest absolute Gasteiger partial charge is 0.279 e. The van der Waals surface area contributed by atoms with E-state index in [1.54, 1.807) is 12.5 Å². The largest absolute Gasteiger partial charge is 0.396 e. The van der Waals surface area contributed by atoms with Crippen molar-refractivity contribution >= 4 is 10.2 Å². The number of imidazole rings is 1. The summed E-state index contributed by atoms with van der Waals surface area (Å²) in [5, 5.41) is 9.03. The van der Waals surface area contributed by atoms with Gasteiger partial charge in [-0.1, -0.05) is 0 Å². The molecule has 8 heteroatoms. The first-order valence-electron chi connectivity index (χ1n) is 6.44. The molecule has 1 aromatic rings. The van der Waals surface area contributed by atoms with Gasteiger partial charge in [0.2, 0.25) is 0 Å². The summed E-state index contributed by atoms with van der Waals surface area (Å²) >= 11 is 0. The molecule has 2 heterocycles. The zero-order valence-corrected chi connectivity index (χ0v) is 11.6. The number of aliphatic hydroxyl groups is 1. The molecule has 0 amide bonds. The Kier molecular flexibility index (Phi) is 4.92. The van der Waals surface area contributed by atoms with Crippen LogP contribution in [0, 0.1) is 5.92 Å². The summed E-state index contributed by atoms with van der Waals surface area (Å²) in [7, 11) is -3.40. The molecule has 0 unspecified atom stereocenters. The van der Waals surface area contributed by atoms with Crippen LogP contribution in [0.2, 0.25) is 0 Å². The Morgan fingerprint density at radius 2 is 2.21 bits per heavy atom. The standard InChI is InChI=1S/C11H20N4O3S/c16-8-10-2-5-15(6-3-10)19(17,18)14-4-1-11-7-12-9-13-11/h7,9-10,14,16H,1-6,8H2,(H,12,13). The van der Waals surface area contributed by atoms with Crippen LogP contribution < -0.4 is 4.72 Å². The Labute approximate surface area is 113 Å². The van der Waals surface area contributed by atoms with Crippen LogP contribution >= 0.6 is 0 Å². The van der Waals surface area contributed by atoms with Crippen molar-refractivity contribution in [1.29, 1.82) is 0 Å². The van der Waals surface area contributed by atoms with Crippen LogP contribution in [0.15, 0.2) is 12.5 Å². The van der Waals surface area contributed by atoms with E-state index in [4.69, 9.17) is 5.11 Å². The number of piperidine rings is 1. The molecule has 1 aliphatic heterocycles. The minimum absolute atomic E-state index is 0.140. The maximum absolute atomic E-state index is 12.0. The molecule has 1 aliphatic rings. The maximum atomic E-state index is 12.0. The number of nitrogens with zero attached hydrogens (tertiary/aromatic N) is 2. The Bertz CT molecular complexity index is 466. The van der Waals surface area contributed by atoms with Crippen molar-refractivity contribution in [1.82, 2.24) is 19.0 Å². The minimum Gasteiger partial charge on any atom is -0.396 e. The third-order valence-electron chi connectivity index (χ3n) is 3.41. The van der Waals surface area contributed by atoms with Gasteiger partial charge in [0.15, 0.2) is 0 Å². The predicted molar refractivity (Wildman–Crippen MR) is 70.6 cm³/mol. The van der Waals surface area contributed by atoms with E-state index in [0.717, 1.165) is 18.5 Å². The predicted octanol–water partition coefficient (Wildman–Crippen LogP) is -0.509. The van der Waals surface area contributed by atoms with E-state index in [9.17, 15) is 8.42 Å². The fourth-order valence-corrected chi connectivity index (χ4v) is 3.39. The van der Waals surface area contributed by atoms with E-state index in [2.05, 4.69) is 14.7 Å². The molecule has 0 radical (unpaired) electrons. The molecule has 1 saturated heterocycles. The number of nitrogens with one attached hydrogen (secondary N) is 2. The maximum Gasteiger partial charge on any atom is 0.279 e. The van der Waals surface area contributed by atoms with Gasteiger partial charge in [0.05, 0.1) is 6.33 Å². The fraction of sp³-hybridized carbons (Fsp3) is 0.727. The summed E-state index contributed by atoms with van der Waals surface area (Å²) in [6.07, 6.45) is 5.28. The fourth-order valence-electron chi connectivity index (χ4n) is 2.16. The van der Waals surface area contributed by atoms with Gasteiger partial charge in [-0.15, -0.1) is 0 Å². The molecule has 0 aliphatic carbocycles. The quantitative estimate of drug-likeness (QED) is 0.656. The monoisotopic (exact) mass is 288 g/mol. The van der Waals surface area contributed by atoms with Crippen LogP contribution in [-0.4, -0.2) is 54.0 Å². The van der Waals surface area contributed by atoms with Gasteiger partial charge >= 0.3 is 0 Å². The van der Waals surface area contributed by atoms with Crippen LogP contribution in [0.5, 0.6) is 0 Å². The molecular formula is C11H20N4O3S. The second-order valence-electron chi connectivity index (χ2n) is 4.75. The first-order chi connectivity index (χ1) is 9.12. The highest BCUT2D eigenvalue weighted by atomic mass is 32.2. The van der Waals surface area contributed by atoms with Gasteiger partial charge in [0.25, 0.3) is 10.2 Å². The zero-order chi connectivity index (χ0) is 13.7. The lowest BCUT2D eigenvalue weighted by molar-refractivity contribution is 0.169. The normalized spacial score (nSPS) is 18.8. The van der Waals surface area contributed by atoms with Crippen LogP contribution in [0.25, 0.3) is 0 Å². The van der Waals surface area contributed by atoms with E-state index in [-0.39, 0.29) is 12.5 Å². The molecule has 0 saturated carbocycles. The van der Waals surface area contributed by atoms with Gasteiger partial charge in [-0.2, -0.15) is 12.7 Å². The van der Waals surface area contributed by atoms with Gasteiger partial charge in [0, 0.05) is 44.6 Å². The third-order valence-corrected chi connectivity index (χ3v) is 5.02. The summed E-state index contributed by atoms with van der Waals surface area (Å²) in [5.74, 6) is 0.233. The van der Waals surface area contributed by atoms with Gasteiger partial charge in [-0.05, 0) is 18.8 Å². The van der Waals surface area contributed by atoms with Gasteiger partial charge in [0.1, 0.15) is 0 Å². The number of aliphatic hydroxyl groups excluding tert-OH is 1. The molecule has 0 spiro atoms. The first-order valence-corrected chi connectivity index (χ1v) is 7.88. The first kappa shape index (κ1) is 14.4. The molecule has 2 rings (SSSR count). The van der Waals surface area contributed by atoms with Crippen LogP contribution in [0.4, 0.5) is 0 Å². The zero-order valence-electron chi connectivity index (χ0n) is 10.7. The van der Waals surface area contributed by atoms with E-state index in [0.29, 0.717) is 26.1 Å². The van der Waals surface area contributed by atoms with E-state index in [1.807, 2.05) is 0 Å². The van der Waals surface area contributed by atoms with Crippen molar-refractivity contribution in [3.05, 3.63) is 18.2 Å². The summed E-state index contributed by atoms with van der Waals surface area (Å²) < 4.78 is 28.1. The molecule has 1 aromatic heterocycles. The van der Waals surface area contributed by atoms with Crippen molar-refractivity contribution in [3.63, 3.8) is 0 Å². The number of aromatic nitrogens is 2. The lowest BCUT2D eigenvalue weighted by Gasteiger charge is -2.30. The van der Waals surface area contributed by atoms with Crippen molar-refractivity contribution in [3.8, 4) is 0 Å². The average molecular weight is 288 g/mol. The van der Waals surface area contributed by atoms with Gasteiger partial charge < -0.3 is 10.1 Å². The molecular weight excluding hydrogens is 268 g/mol. The lowest BCUT2D eigenvalue weighted by Crippen LogP contribution is -2.45. The second-order valence-corrected chi connectivity index (χ2v) is 6.51. The van der Waals surface area contributed by atoms with Gasteiger partial charge in [-0.3, -0.25) is 0 Å². The van der Waals surface area contributed by atoms with Crippen molar-refractivity contribution < 1.29 is 13.5 Å². The Balaban J connectivity index is 1.78. The third kappa shape index (κ3) is 4.00. The van der Waals surface area contributed by atoms with E-state index in [1.165, 1.54) is 4.31 Å². The lowest BCUT2D eigenvalue weighted by atomic mass is 10.00. The topological polar surface area (TPSA) is 98.3 Å². The molecule has 0 aromatic carbocycles. The second kappa shape index (κ2) is 6.47. The average Bonchev–Trinajstić information content (AvgIpc) is 2.92. The number of hydrogen-bond acceptors (Lipinski definition) is 4. The SMILES string of the molecule is O=S(=O)(NCCc1cnc[nH]1)N1CCC(CO)CC1. The summed E-state index contributed by atoms with van der Waals surface area (Å²) in [5.41, 5.74) is 0.904. The molecule has 0 atom stereocenters. The number of aromatic amines is 1. The van der Waals surface area contributed by atoms with Crippen molar-refractivity contribution in [2.24, 2.45) is 5.92 Å². The highest BCUT2D eigenvalue weighted by Crippen LogP contribution is 2.18. The summed E-state index contributed by atoms with van der Waals surface area (Å²) in [6, 6.07) is 0. The number of H-pyrrole nitrogens is 1. The highest BCUT2D eigenvalue weighted by Gasteiger charge is 2.27. The van der Waals surface area contributed by atoms with E-state index < -0.39 is 10.2 Å². The molecule has 3 N–H and O–H groups in total. The molecule has 1 fully saturated rings. The Hall–Kier alpha value is -0.960. The number of hydrogen-bond donors (Lipinski definition) is 3. The van der Waals surface area contributed by atoms with E-state index >= 15 is 0 Å². The molecule has 108 valence electrons. The summed E-state index contributed by atoms with van der Waals surface area (Å²) in [4.78, 5) is 6.81. The molecule has 0 bridgehead atoms.